The first-order chi connectivity index (χ1) is 11.1. The lowest BCUT2D eigenvalue weighted by Crippen LogP contribution is -2.19. The smallest absolute Gasteiger partial charge is 0.354 e. The molecule has 0 aliphatic rings. The molecule has 2 N–H and O–H groups in total. The molecule has 3 aromatic heterocycles. The van der Waals surface area contributed by atoms with Crippen molar-refractivity contribution >= 4 is 17.6 Å². The molecule has 0 bridgehead atoms. The van der Waals surface area contributed by atoms with Crippen molar-refractivity contribution in [2.45, 2.75) is 6.04 Å². The molecular formula is C14H16N6O3. The Morgan fingerprint density at radius 3 is 3.00 bits per heavy atom. The molecule has 23 heavy (non-hydrogen) atoms. The molecule has 120 valence electrons. The minimum atomic E-state index is -1.11. The van der Waals surface area contributed by atoms with E-state index < -0.39 is 5.97 Å². The first-order valence-electron chi connectivity index (χ1n) is 6.90. The fourth-order valence-corrected chi connectivity index (χ4v) is 2.30. The van der Waals surface area contributed by atoms with E-state index >= 15 is 0 Å². The third-order valence-electron chi connectivity index (χ3n) is 3.37. The fraction of sp³-hybridized carbons (Fsp3) is 0.286. The van der Waals surface area contributed by atoms with Gasteiger partial charge in [-0.05, 0) is 0 Å². The highest BCUT2D eigenvalue weighted by Crippen LogP contribution is 2.20. The number of methoxy groups -OCH3 is 1. The number of fused-ring (bicyclic) bond motifs is 1. The molecule has 3 rings (SSSR count). The summed E-state index contributed by atoms with van der Waals surface area (Å²) in [5.74, 6) is -0.730. The monoisotopic (exact) mass is 316 g/mol. The number of nitrogens with one attached hydrogen (secondary N) is 1. The number of aryl methyl sites for hydroxylation is 1. The predicted molar refractivity (Wildman–Crippen MR) is 81.4 cm³/mol. The van der Waals surface area contributed by atoms with Crippen molar-refractivity contribution < 1.29 is 14.6 Å². The number of ether oxygens (including phenoxy) is 1. The van der Waals surface area contributed by atoms with E-state index in [0.29, 0.717) is 18.2 Å². The fourth-order valence-electron chi connectivity index (χ4n) is 2.30. The first-order valence-corrected chi connectivity index (χ1v) is 6.90. The highest BCUT2D eigenvalue weighted by Gasteiger charge is 2.18. The van der Waals surface area contributed by atoms with Gasteiger partial charge >= 0.3 is 5.97 Å². The zero-order chi connectivity index (χ0) is 16.4. The van der Waals surface area contributed by atoms with Crippen molar-refractivity contribution in [1.82, 2.24) is 24.1 Å². The SMILES string of the molecule is COCC(Nc1nc(C(=O)O)cc2nccn12)c1cnn(C)c1. The molecular weight excluding hydrogens is 300 g/mol. The summed E-state index contributed by atoms with van der Waals surface area (Å²) < 4.78 is 8.62. The first kappa shape index (κ1) is 15.0. The van der Waals surface area contributed by atoms with Crippen LogP contribution in [-0.2, 0) is 11.8 Å². The highest BCUT2D eigenvalue weighted by atomic mass is 16.5. The molecule has 0 saturated carbocycles. The standard InChI is InChI=1S/C14H16N6O3/c1-19-7-9(6-16-19)11(8-23-2)18-14-17-10(13(21)22)5-12-15-3-4-20(12)14/h3-7,11H,8H2,1-2H3,(H,17,18)(H,21,22). The summed E-state index contributed by atoms with van der Waals surface area (Å²) in [4.78, 5) is 19.5. The topological polar surface area (TPSA) is 107 Å². The molecule has 0 amide bonds. The quantitative estimate of drug-likeness (QED) is 0.697. The summed E-state index contributed by atoms with van der Waals surface area (Å²) in [5, 5.41) is 16.5. The van der Waals surface area contributed by atoms with E-state index in [1.165, 1.54) is 6.07 Å². The Hall–Kier alpha value is -2.94. The minimum Gasteiger partial charge on any atom is -0.477 e. The minimum absolute atomic E-state index is 0.0754. The molecule has 0 aliphatic carbocycles. The third kappa shape index (κ3) is 2.99. The van der Waals surface area contributed by atoms with Gasteiger partial charge in [-0.1, -0.05) is 0 Å². The summed E-state index contributed by atoms with van der Waals surface area (Å²) in [6.07, 6.45) is 6.89. The third-order valence-corrected chi connectivity index (χ3v) is 3.37. The number of aromatic nitrogens is 5. The van der Waals surface area contributed by atoms with Crippen LogP contribution in [0.2, 0.25) is 0 Å². The van der Waals surface area contributed by atoms with Gasteiger partial charge in [-0.2, -0.15) is 5.10 Å². The van der Waals surface area contributed by atoms with Crippen molar-refractivity contribution in [3.8, 4) is 0 Å². The van der Waals surface area contributed by atoms with E-state index in [-0.39, 0.29) is 11.7 Å². The molecule has 0 radical (unpaired) electrons. The molecule has 3 aromatic rings. The number of imidazole rings is 1. The number of carbonyl (C=O) groups is 1. The van der Waals surface area contributed by atoms with Crippen LogP contribution in [-0.4, -0.2) is 48.9 Å². The number of carboxylic acid groups (broad SMARTS) is 1. The van der Waals surface area contributed by atoms with Gasteiger partial charge in [0.1, 0.15) is 5.65 Å². The predicted octanol–water partition coefficient (Wildman–Crippen LogP) is 0.961. The zero-order valence-electron chi connectivity index (χ0n) is 12.7. The summed E-state index contributed by atoms with van der Waals surface area (Å²) in [6.45, 7) is 0.376. The van der Waals surface area contributed by atoms with E-state index in [9.17, 15) is 9.90 Å². The number of rotatable bonds is 6. The van der Waals surface area contributed by atoms with Crippen LogP contribution in [0.25, 0.3) is 5.65 Å². The Labute approximate surface area is 131 Å². The Balaban J connectivity index is 2.00. The van der Waals surface area contributed by atoms with Crippen LogP contribution in [0.5, 0.6) is 0 Å². The number of hydrogen-bond acceptors (Lipinski definition) is 6. The van der Waals surface area contributed by atoms with Crippen molar-refractivity contribution in [3.05, 3.63) is 42.1 Å². The molecule has 1 atom stereocenters. The molecule has 9 heteroatoms. The van der Waals surface area contributed by atoms with Crippen molar-refractivity contribution in [2.75, 3.05) is 19.0 Å². The average molecular weight is 316 g/mol. The van der Waals surface area contributed by atoms with Crippen LogP contribution in [0.3, 0.4) is 0 Å². The van der Waals surface area contributed by atoms with E-state index in [1.807, 2.05) is 13.2 Å². The van der Waals surface area contributed by atoms with E-state index in [2.05, 4.69) is 20.4 Å². The second-order valence-electron chi connectivity index (χ2n) is 5.03. The van der Waals surface area contributed by atoms with Crippen molar-refractivity contribution in [2.24, 2.45) is 7.05 Å². The maximum absolute atomic E-state index is 11.2. The second kappa shape index (κ2) is 6.05. The van der Waals surface area contributed by atoms with Crippen LogP contribution in [0, 0.1) is 0 Å². The molecule has 0 saturated heterocycles. The van der Waals surface area contributed by atoms with Gasteiger partial charge in [0, 0.05) is 44.4 Å². The van der Waals surface area contributed by atoms with Gasteiger partial charge in [0.25, 0.3) is 0 Å². The zero-order valence-corrected chi connectivity index (χ0v) is 12.7. The summed E-state index contributed by atoms with van der Waals surface area (Å²) in [5.41, 5.74) is 1.33. The van der Waals surface area contributed by atoms with E-state index in [1.54, 1.807) is 34.8 Å². The Kier molecular flexibility index (Phi) is 3.94. The Morgan fingerprint density at radius 2 is 2.35 bits per heavy atom. The average Bonchev–Trinajstić information content (AvgIpc) is 3.15. The molecule has 0 fully saturated rings. The summed E-state index contributed by atoms with van der Waals surface area (Å²) in [7, 11) is 3.42. The summed E-state index contributed by atoms with van der Waals surface area (Å²) >= 11 is 0. The molecule has 3 heterocycles. The number of aromatic carboxylic acids is 1. The highest BCUT2D eigenvalue weighted by molar-refractivity contribution is 5.87. The number of carboxylic acids is 1. The Bertz CT molecular complexity index is 840. The molecule has 0 aromatic carbocycles. The van der Waals surface area contributed by atoms with Gasteiger partial charge in [-0.15, -0.1) is 0 Å². The maximum atomic E-state index is 11.2. The van der Waals surface area contributed by atoms with Crippen LogP contribution < -0.4 is 5.32 Å². The van der Waals surface area contributed by atoms with Crippen LogP contribution in [0.1, 0.15) is 22.1 Å². The Morgan fingerprint density at radius 1 is 1.52 bits per heavy atom. The van der Waals surface area contributed by atoms with Gasteiger partial charge in [0.15, 0.2) is 5.69 Å². The molecule has 0 spiro atoms. The number of hydrogen-bond donors (Lipinski definition) is 2. The van der Waals surface area contributed by atoms with Crippen molar-refractivity contribution in [3.63, 3.8) is 0 Å². The number of anilines is 1. The lowest BCUT2D eigenvalue weighted by atomic mass is 10.2. The van der Waals surface area contributed by atoms with Gasteiger partial charge in [-0.25, -0.2) is 14.8 Å². The lowest BCUT2D eigenvalue weighted by molar-refractivity contribution is 0.0690. The summed E-state index contributed by atoms with van der Waals surface area (Å²) in [6, 6.07) is 1.19. The largest absolute Gasteiger partial charge is 0.477 e. The van der Waals surface area contributed by atoms with Crippen LogP contribution in [0.15, 0.2) is 30.9 Å². The maximum Gasteiger partial charge on any atom is 0.354 e. The molecule has 1 unspecified atom stereocenters. The van der Waals surface area contributed by atoms with Gasteiger partial charge in [-0.3, -0.25) is 9.08 Å². The molecule has 9 nitrogen and oxygen atoms in total. The van der Waals surface area contributed by atoms with Crippen LogP contribution >= 0.6 is 0 Å². The van der Waals surface area contributed by atoms with Gasteiger partial charge in [0.2, 0.25) is 5.95 Å². The lowest BCUT2D eigenvalue weighted by Gasteiger charge is -2.18. The van der Waals surface area contributed by atoms with Gasteiger partial charge < -0.3 is 15.2 Å². The van der Waals surface area contributed by atoms with Crippen LogP contribution in [0.4, 0.5) is 5.95 Å². The second-order valence-corrected chi connectivity index (χ2v) is 5.03. The molecule has 0 aliphatic heterocycles. The normalized spacial score (nSPS) is 12.4. The van der Waals surface area contributed by atoms with Gasteiger partial charge in [0.05, 0.1) is 18.8 Å². The van der Waals surface area contributed by atoms with Crippen molar-refractivity contribution in [1.29, 1.82) is 0 Å². The van der Waals surface area contributed by atoms with E-state index in [4.69, 9.17) is 4.74 Å². The van der Waals surface area contributed by atoms with E-state index in [0.717, 1.165) is 5.56 Å². The number of nitrogens with zero attached hydrogens (tertiary/aromatic N) is 5.